The Bertz CT molecular complexity index is 1880. The number of nitrogen functional groups attached to an aromatic ring is 1. The molecule has 0 unspecified atom stereocenters. The Morgan fingerprint density at radius 3 is 2.70 bits per heavy atom. The maximum atomic E-state index is 13.3. The number of rotatable bonds is 11. The van der Waals surface area contributed by atoms with E-state index in [0.29, 0.717) is 11.1 Å². The summed E-state index contributed by atoms with van der Waals surface area (Å²) in [6.45, 7) is 0.0880. The van der Waals surface area contributed by atoms with E-state index >= 15 is 0 Å². The van der Waals surface area contributed by atoms with E-state index in [9.17, 15) is 29.7 Å². The number of carbonyl (C=O) groups excluding carboxylic acids is 2. The number of aromatic hydroxyl groups is 2. The fourth-order valence-electron chi connectivity index (χ4n) is 4.54. The molecule has 15 nitrogen and oxygen atoms in total. The molecule has 236 valence electrons. The van der Waals surface area contributed by atoms with E-state index < -0.39 is 29.2 Å². The molecule has 0 radical (unpaired) electrons. The van der Waals surface area contributed by atoms with Gasteiger partial charge in [0.2, 0.25) is 5.89 Å². The minimum Gasteiger partial charge on any atom is -0.504 e. The zero-order chi connectivity index (χ0) is 32.4. The molecule has 6 N–H and O–H groups in total. The third-order valence-electron chi connectivity index (χ3n) is 6.74. The van der Waals surface area contributed by atoms with E-state index in [1.165, 1.54) is 30.0 Å². The number of anilines is 1. The van der Waals surface area contributed by atoms with Crippen LogP contribution in [0, 0.1) is 0 Å². The van der Waals surface area contributed by atoms with E-state index in [4.69, 9.17) is 15.0 Å². The molecule has 46 heavy (non-hydrogen) atoms. The second-order valence-electron chi connectivity index (χ2n) is 9.75. The maximum Gasteiger partial charge on any atom is 0.352 e. The lowest BCUT2D eigenvalue weighted by Gasteiger charge is -2.49. The molecule has 2 aromatic heterocycles. The molecule has 6 rings (SSSR count). The lowest BCUT2D eigenvalue weighted by molar-refractivity contribution is -0.150. The summed E-state index contributed by atoms with van der Waals surface area (Å²) in [5.74, 6) is -2.79. The van der Waals surface area contributed by atoms with Crippen LogP contribution in [0.2, 0.25) is 0 Å². The summed E-state index contributed by atoms with van der Waals surface area (Å²) in [6.07, 6.45) is 0. The number of hydrogen-bond donors (Lipinski definition) is 5. The monoisotopic (exact) mass is 681 g/mol. The van der Waals surface area contributed by atoms with Crippen LogP contribution in [0.15, 0.2) is 80.0 Å². The molecule has 2 aromatic carbocycles. The molecular weight excluding hydrogens is 659 g/mol. The highest BCUT2D eigenvalue weighted by atomic mass is 32.2. The molecule has 2 amide bonds. The minimum absolute atomic E-state index is 0.0880. The lowest BCUT2D eigenvalue weighted by atomic mass is 10.0. The number of carboxylic acids is 1. The molecule has 4 aromatic rings. The second kappa shape index (κ2) is 13.1. The fourth-order valence-corrected chi connectivity index (χ4v) is 7.34. The van der Waals surface area contributed by atoms with Crippen LogP contribution in [0.25, 0.3) is 11.5 Å². The van der Waals surface area contributed by atoms with Crippen LogP contribution in [0.3, 0.4) is 0 Å². The number of carboxylic acid groups (broad SMARTS) is 1. The van der Waals surface area contributed by atoms with Crippen LogP contribution in [-0.4, -0.2) is 81.8 Å². The number of benzene rings is 2. The van der Waals surface area contributed by atoms with Crippen molar-refractivity contribution in [3.63, 3.8) is 0 Å². The highest BCUT2D eigenvalue weighted by molar-refractivity contribution is 8.01. The summed E-state index contributed by atoms with van der Waals surface area (Å²) in [6, 6.07) is 12.2. The standard InChI is InChI=1S/C28H23N7O8S3/c29-27-30-16(12-45-27)19(34-42-9-13-4-2-1-3-5-13)22(38)31-20-24(39)35-21(26(40)41)15(10-44-25(20)35)11-46-28-33-32-23(43-28)14-6-7-17(36)18(37)8-14/h1-8,12,20,25,36-37H,9-11H2,(H2,29,30)(H,31,38)(H,40,41)/t20-,25-/m1/s1. The molecule has 0 bridgehead atoms. The third kappa shape index (κ3) is 6.35. The minimum atomic E-state index is -1.29. The number of amides is 2. The molecule has 4 heterocycles. The number of thiazole rings is 1. The predicted octanol–water partition coefficient (Wildman–Crippen LogP) is 2.64. The van der Waals surface area contributed by atoms with Crippen molar-refractivity contribution in [3.8, 4) is 23.0 Å². The van der Waals surface area contributed by atoms with Gasteiger partial charge < -0.3 is 35.6 Å². The molecule has 0 aliphatic carbocycles. The summed E-state index contributed by atoms with van der Waals surface area (Å²) in [7, 11) is 0. The van der Waals surface area contributed by atoms with Gasteiger partial charge >= 0.3 is 5.97 Å². The Balaban J connectivity index is 1.13. The molecule has 2 aliphatic rings. The van der Waals surface area contributed by atoms with Gasteiger partial charge in [0, 0.05) is 22.4 Å². The van der Waals surface area contributed by atoms with Crippen molar-refractivity contribution in [2.75, 3.05) is 17.2 Å². The van der Waals surface area contributed by atoms with Crippen molar-refractivity contribution in [1.82, 2.24) is 25.4 Å². The molecule has 18 heteroatoms. The summed E-state index contributed by atoms with van der Waals surface area (Å²) < 4.78 is 5.62. The predicted molar refractivity (Wildman–Crippen MR) is 168 cm³/mol. The Morgan fingerprint density at radius 1 is 1.17 bits per heavy atom. The van der Waals surface area contributed by atoms with E-state index in [0.717, 1.165) is 33.6 Å². The lowest BCUT2D eigenvalue weighted by Crippen LogP contribution is -2.71. The van der Waals surface area contributed by atoms with Gasteiger partial charge in [-0.25, -0.2) is 9.78 Å². The summed E-state index contributed by atoms with van der Waals surface area (Å²) >= 11 is 3.48. The number of phenols is 2. The first-order valence-corrected chi connectivity index (χ1v) is 16.3. The van der Waals surface area contributed by atoms with Crippen molar-refractivity contribution in [2.45, 2.75) is 23.2 Å². The summed E-state index contributed by atoms with van der Waals surface area (Å²) in [4.78, 5) is 49.6. The molecule has 0 saturated carbocycles. The van der Waals surface area contributed by atoms with Gasteiger partial charge in [-0.3, -0.25) is 14.5 Å². The van der Waals surface area contributed by atoms with Crippen LogP contribution in [0.5, 0.6) is 11.5 Å². The van der Waals surface area contributed by atoms with Crippen LogP contribution in [-0.2, 0) is 25.8 Å². The first-order chi connectivity index (χ1) is 22.2. The average Bonchev–Trinajstić information content (AvgIpc) is 3.71. The number of nitrogens with zero attached hydrogens (tertiary/aromatic N) is 5. The Morgan fingerprint density at radius 2 is 1.98 bits per heavy atom. The number of nitrogens with two attached hydrogens (primary N) is 1. The van der Waals surface area contributed by atoms with E-state index in [-0.39, 0.29) is 63.0 Å². The number of aliphatic carboxylic acids is 1. The molecular formula is C28H23N7O8S3. The average molecular weight is 682 g/mol. The zero-order valence-electron chi connectivity index (χ0n) is 23.4. The normalized spacial score (nSPS) is 17.8. The highest BCUT2D eigenvalue weighted by Crippen LogP contribution is 2.42. The highest BCUT2D eigenvalue weighted by Gasteiger charge is 2.54. The van der Waals surface area contributed by atoms with Crippen LogP contribution >= 0.6 is 34.9 Å². The van der Waals surface area contributed by atoms with Crippen LogP contribution in [0.1, 0.15) is 11.3 Å². The molecule has 0 spiro atoms. The van der Waals surface area contributed by atoms with Gasteiger partial charge in [0.15, 0.2) is 22.3 Å². The number of hydrogen-bond acceptors (Lipinski definition) is 15. The smallest absolute Gasteiger partial charge is 0.352 e. The van der Waals surface area contributed by atoms with Gasteiger partial charge in [0.25, 0.3) is 17.0 Å². The first-order valence-electron chi connectivity index (χ1n) is 13.3. The zero-order valence-corrected chi connectivity index (χ0v) is 25.8. The molecule has 1 fully saturated rings. The Hall–Kier alpha value is -5.07. The summed E-state index contributed by atoms with van der Waals surface area (Å²) in [5.41, 5.74) is 7.24. The summed E-state index contributed by atoms with van der Waals surface area (Å²) in [5, 5.41) is 45.0. The van der Waals surface area contributed by atoms with Crippen molar-refractivity contribution < 1.29 is 39.0 Å². The van der Waals surface area contributed by atoms with Crippen molar-refractivity contribution in [3.05, 3.63) is 76.4 Å². The number of thioether (sulfide) groups is 2. The van der Waals surface area contributed by atoms with Gasteiger partial charge in [0.05, 0.1) is 0 Å². The van der Waals surface area contributed by atoms with Gasteiger partial charge in [-0.1, -0.05) is 47.2 Å². The molecule has 2 aliphatic heterocycles. The molecule has 1 saturated heterocycles. The van der Waals surface area contributed by atoms with Crippen molar-refractivity contribution >= 4 is 63.5 Å². The SMILES string of the molecule is Nc1nc(C(=NOCc2ccccc2)C(=O)N[C@@H]2C(=O)N3C(C(=O)O)=C(CSc4nnc(-c5ccc(O)c(O)c5)o4)CS[C@H]23)cs1. The third-order valence-corrected chi connectivity index (χ3v) is 9.66. The Kier molecular flexibility index (Phi) is 8.82. The van der Waals surface area contributed by atoms with E-state index in [1.807, 2.05) is 30.3 Å². The van der Waals surface area contributed by atoms with Gasteiger partial charge in [0.1, 0.15) is 29.4 Å². The maximum absolute atomic E-state index is 13.3. The number of aromatic nitrogens is 3. The topological polar surface area (TPSA) is 227 Å². The van der Waals surface area contributed by atoms with E-state index in [1.54, 1.807) is 5.38 Å². The number of carbonyl (C=O) groups is 3. The number of β-lactam (4-membered cyclic amide) rings is 1. The Labute approximate surface area is 272 Å². The van der Waals surface area contributed by atoms with Crippen LogP contribution < -0.4 is 11.1 Å². The number of fused-ring (bicyclic) bond motifs is 1. The van der Waals surface area contributed by atoms with Gasteiger partial charge in [-0.2, -0.15) is 0 Å². The number of nitrogens with one attached hydrogen (secondary N) is 1. The van der Waals surface area contributed by atoms with Gasteiger partial charge in [-0.15, -0.1) is 33.3 Å². The number of oxime groups is 1. The van der Waals surface area contributed by atoms with Crippen molar-refractivity contribution in [2.24, 2.45) is 5.16 Å². The molecule has 2 atom stereocenters. The first kappa shape index (κ1) is 30.9. The second-order valence-corrected chi connectivity index (χ2v) is 12.7. The van der Waals surface area contributed by atoms with E-state index in [2.05, 4.69) is 25.7 Å². The number of phenolic OH excluding ortho intramolecular Hbond substituents is 2. The quantitative estimate of drug-likeness (QED) is 0.0504. The van der Waals surface area contributed by atoms with Crippen molar-refractivity contribution in [1.29, 1.82) is 0 Å². The largest absolute Gasteiger partial charge is 0.504 e. The van der Waals surface area contributed by atoms with Gasteiger partial charge in [-0.05, 0) is 29.3 Å². The fraction of sp³-hybridized carbons (Fsp3) is 0.179. The van der Waals surface area contributed by atoms with Crippen LogP contribution in [0.4, 0.5) is 5.13 Å².